The molecule has 0 saturated carbocycles. The molecular weight excluding hydrogens is 308 g/mol. The van der Waals surface area contributed by atoms with Crippen molar-refractivity contribution in [3.8, 4) is 6.07 Å². The number of anilines is 1. The number of benzene rings is 2. The van der Waals surface area contributed by atoms with Crippen molar-refractivity contribution in [3.05, 3.63) is 82.4 Å². The number of amides is 1. The zero-order valence-electron chi connectivity index (χ0n) is 12.6. The summed E-state index contributed by atoms with van der Waals surface area (Å²) in [6.45, 7) is 1.85. The third kappa shape index (κ3) is 5.14. The van der Waals surface area contributed by atoms with Gasteiger partial charge >= 0.3 is 0 Å². The van der Waals surface area contributed by atoms with Gasteiger partial charge < -0.3 is 5.32 Å². The van der Waals surface area contributed by atoms with Gasteiger partial charge in [-0.25, -0.2) is 0 Å². The quantitative estimate of drug-likeness (QED) is 0.498. The molecule has 23 heavy (non-hydrogen) atoms. The Labute approximate surface area is 140 Å². The minimum Gasteiger partial charge on any atom is -0.321 e. The highest BCUT2D eigenvalue weighted by atomic mass is 35.5. The Hall–Kier alpha value is -2.83. The lowest BCUT2D eigenvalue weighted by atomic mass is 10.1. The first-order valence-electron chi connectivity index (χ1n) is 7.00. The number of hydrogen-bond donors (Lipinski definition) is 1. The van der Waals surface area contributed by atoms with Gasteiger partial charge in [-0.1, -0.05) is 48.0 Å². The molecule has 2 aromatic carbocycles. The number of nitrogens with one attached hydrogen (secondary N) is 1. The lowest BCUT2D eigenvalue weighted by Gasteiger charge is -2.04. The van der Waals surface area contributed by atoms with Gasteiger partial charge in [0.05, 0.1) is 0 Å². The summed E-state index contributed by atoms with van der Waals surface area (Å²) in [6.07, 6.45) is 3.48. The van der Waals surface area contributed by atoms with Crippen molar-refractivity contribution in [2.45, 2.75) is 6.92 Å². The van der Waals surface area contributed by atoms with Crippen LogP contribution >= 0.6 is 11.6 Å². The summed E-state index contributed by atoms with van der Waals surface area (Å²) in [5.74, 6) is -0.448. The first-order chi connectivity index (χ1) is 11.1. The van der Waals surface area contributed by atoms with Crippen molar-refractivity contribution in [1.82, 2.24) is 0 Å². The van der Waals surface area contributed by atoms with E-state index in [2.05, 4.69) is 5.32 Å². The van der Waals surface area contributed by atoms with Crippen LogP contribution in [0.15, 0.2) is 71.8 Å². The summed E-state index contributed by atoms with van der Waals surface area (Å²) in [7, 11) is 0. The van der Waals surface area contributed by atoms with Gasteiger partial charge in [-0.15, -0.1) is 0 Å². The topological polar surface area (TPSA) is 52.9 Å². The molecule has 0 aromatic heterocycles. The summed E-state index contributed by atoms with van der Waals surface area (Å²) in [5.41, 5.74) is 2.46. The maximum atomic E-state index is 12.2. The molecule has 1 amide bonds. The number of nitriles is 1. The van der Waals surface area contributed by atoms with Gasteiger partial charge in [0.15, 0.2) is 0 Å². The van der Waals surface area contributed by atoms with E-state index in [4.69, 9.17) is 11.6 Å². The van der Waals surface area contributed by atoms with Crippen molar-refractivity contribution in [3.63, 3.8) is 0 Å². The van der Waals surface area contributed by atoms with Gasteiger partial charge in [0.1, 0.15) is 11.6 Å². The minimum absolute atomic E-state index is 0.0460. The van der Waals surface area contributed by atoms with Crippen molar-refractivity contribution in [2.75, 3.05) is 5.32 Å². The van der Waals surface area contributed by atoms with E-state index in [-0.39, 0.29) is 5.57 Å². The van der Waals surface area contributed by atoms with Gasteiger partial charge in [0.25, 0.3) is 5.91 Å². The maximum absolute atomic E-state index is 12.2. The Morgan fingerprint density at radius 1 is 1.13 bits per heavy atom. The van der Waals surface area contributed by atoms with Gasteiger partial charge in [0.2, 0.25) is 0 Å². The van der Waals surface area contributed by atoms with E-state index in [1.807, 2.05) is 49.4 Å². The fourth-order valence-corrected chi connectivity index (χ4v) is 2.09. The number of rotatable bonds is 4. The molecule has 0 aliphatic rings. The summed E-state index contributed by atoms with van der Waals surface area (Å²) in [5, 5.41) is 12.5. The molecule has 0 aliphatic carbocycles. The molecule has 0 spiro atoms. The Morgan fingerprint density at radius 3 is 2.39 bits per heavy atom. The molecule has 0 unspecified atom stereocenters. The highest BCUT2D eigenvalue weighted by molar-refractivity contribution is 6.30. The second kappa shape index (κ2) is 7.98. The van der Waals surface area contributed by atoms with Gasteiger partial charge in [-0.05, 0) is 48.4 Å². The van der Waals surface area contributed by atoms with Crippen LogP contribution in [0.1, 0.15) is 12.5 Å². The second-order valence-corrected chi connectivity index (χ2v) is 5.37. The summed E-state index contributed by atoms with van der Waals surface area (Å²) < 4.78 is 0. The molecule has 0 bridgehead atoms. The average Bonchev–Trinajstić information content (AvgIpc) is 2.55. The van der Waals surface area contributed by atoms with E-state index in [0.29, 0.717) is 10.7 Å². The third-order valence-corrected chi connectivity index (χ3v) is 3.29. The van der Waals surface area contributed by atoms with Crippen LogP contribution in [0.4, 0.5) is 5.69 Å². The van der Waals surface area contributed by atoms with E-state index in [1.165, 1.54) is 0 Å². The van der Waals surface area contributed by atoms with Crippen molar-refractivity contribution in [2.24, 2.45) is 0 Å². The first kappa shape index (κ1) is 16.5. The van der Waals surface area contributed by atoms with Gasteiger partial charge in [-0.3, -0.25) is 4.79 Å². The Morgan fingerprint density at radius 2 is 1.78 bits per heavy atom. The van der Waals surface area contributed by atoms with E-state index in [0.717, 1.165) is 11.1 Å². The molecule has 2 rings (SSSR count). The van der Waals surface area contributed by atoms with Crippen molar-refractivity contribution >= 4 is 29.3 Å². The van der Waals surface area contributed by atoms with Crippen LogP contribution in [-0.4, -0.2) is 5.91 Å². The second-order valence-electron chi connectivity index (χ2n) is 4.93. The van der Waals surface area contributed by atoms with E-state index in [1.54, 1.807) is 30.3 Å². The Kier molecular flexibility index (Phi) is 5.74. The summed E-state index contributed by atoms with van der Waals surface area (Å²) in [4.78, 5) is 12.2. The number of carbonyl (C=O) groups excluding carboxylic acids is 1. The first-order valence-corrected chi connectivity index (χ1v) is 7.38. The number of allylic oxidation sites excluding steroid dienone is 2. The number of nitrogens with zero attached hydrogens (tertiary/aromatic N) is 1. The summed E-state index contributed by atoms with van der Waals surface area (Å²) in [6, 6.07) is 18.4. The molecular formula is C19H15ClN2O. The van der Waals surface area contributed by atoms with Crippen molar-refractivity contribution in [1.29, 1.82) is 5.26 Å². The van der Waals surface area contributed by atoms with Crippen LogP contribution in [0.2, 0.25) is 5.02 Å². The average molecular weight is 323 g/mol. The lowest BCUT2D eigenvalue weighted by molar-refractivity contribution is -0.112. The SMILES string of the molecule is CC(=C/c1ccccc1)/C=C(/C#N)C(=O)Nc1ccc(Cl)cc1. The largest absolute Gasteiger partial charge is 0.321 e. The smallest absolute Gasteiger partial charge is 0.266 e. The van der Waals surface area contributed by atoms with Crippen LogP contribution in [0.3, 0.4) is 0 Å². The monoisotopic (exact) mass is 322 g/mol. The summed E-state index contributed by atoms with van der Waals surface area (Å²) >= 11 is 5.80. The predicted octanol–water partition coefficient (Wildman–Crippen LogP) is 4.83. The Balaban J connectivity index is 2.15. The number of halogens is 1. The lowest BCUT2D eigenvalue weighted by Crippen LogP contribution is -2.13. The van der Waals surface area contributed by atoms with Crippen LogP contribution < -0.4 is 5.32 Å². The van der Waals surface area contributed by atoms with E-state index < -0.39 is 5.91 Å². The fourth-order valence-electron chi connectivity index (χ4n) is 1.96. The zero-order chi connectivity index (χ0) is 16.7. The highest BCUT2D eigenvalue weighted by Crippen LogP contribution is 2.15. The van der Waals surface area contributed by atoms with Crippen LogP contribution in [0.5, 0.6) is 0 Å². The van der Waals surface area contributed by atoms with Crippen LogP contribution in [0, 0.1) is 11.3 Å². The van der Waals surface area contributed by atoms with Gasteiger partial charge in [-0.2, -0.15) is 5.26 Å². The minimum atomic E-state index is -0.448. The molecule has 0 heterocycles. The zero-order valence-corrected chi connectivity index (χ0v) is 13.3. The number of carbonyl (C=O) groups is 1. The molecule has 0 saturated heterocycles. The van der Waals surface area contributed by atoms with Crippen molar-refractivity contribution < 1.29 is 4.79 Å². The molecule has 0 fully saturated rings. The highest BCUT2D eigenvalue weighted by Gasteiger charge is 2.09. The maximum Gasteiger partial charge on any atom is 0.266 e. The normalized spacial score (nSPS) is 11.7. The molecule has 0 aliphatic heterocycles. The third-order valence-electron chi connectivity index (χ3n) is 3.03. The molecule has 1 N–H and O–H groups in total. The molecule has 4 heteroatoms. The molecule has 0 radical (unpaired) electrons. The Bertz CT molecular complexity index is 784. The standard InChI is InChI=1S/C19H15ClN2O/c1-14(11-15-5-3-2-4-6-15)12-16(13-21)19(23)22-18-9-7-17(20)8-10-18/h2-12H,1H3,(H,22,23)/b14-11-,16-12-. The molecule has 114 valence electrons. The molecule has 2 aromatic rings. The number of hydrogen-bond acceptors (Lipinski definition) is 2. The van der Waals surface area contributed by atoms with Crippen LogP contribution in [0.25, 0.3) is 6.08 Å². The van der Waals surface area contributed by atoms with E-state index in [9.17, 15) is 10.1 Å². The van der Waals surface area contributed by atoms with E-state index >= 15 is 0 Å². The van der Waals surface area contributed by atoms with Gasteiger partial charge in [0, 0.05) is 10.7 Å². The molecule has 3 nitrogen and oxygen atoms in total. The predicted molar refractivity (Wildman–Crippen MR) is 93.9 cm³/mol. The fraction of sp³-hybridized carbons (Fsp3) is 0.0526. The molecule has 0 atom stereocenters. The van der Waals surface area contributed by atoms with Crippen LogP contribution in [-0.2, 0) is 4.79 Å².